The molecule has 0 aliphatic heterocycles. The summed E-state index contributed by atoms with van der Waals surface area (Å²) >= 11 is 5.75. The van der Waals surface area contributed by atoms with Gasteiger partial charge in [0.15, 0.2) is 12.0 Å². The van der Waals surface area contributed by atoms with E-state index < -0.39 is 11.4 Å². The molecule has 0 aliphatic rings. The van der Waals surface area contributed by atoms with E-state index >= 15 is 0 Å². The van der Waals surface area contributed by atoms with Crippen LogP contribution in [0.2, 0.25) is 5.02 Å². The van der Waals surface area contributed by atoms with Crippen molar-refractivity contribution < 1.29 is 14.3 Å². The second kappa shape index (κ2) is 9.03. The first-order valence-corrected chi connectivity index (χ1v) is 9.05. The summed E-state index contributed by atoms with van der Waals surface area (Å²) in [4.78, 5) is 28.3. The number of aryl methyl sites for hydroxylation is 1. The first kappa shape index (κ1) is 21.7. The monoisotopic (exact) mass is 407 g/mol. The molecule has 0 saturated carbocycles. The second-order valence-electron chi connectivity index (χ2n) is 6.64. The summed E-state index contributed by atoms with van der Waals surface area (Å²) in [5.74, 6) is -0.900. The zero-order valence-corrected chi connectivity index (χ0v) is 17.0. The molecule has 0 saturated heterocycles. The third-order valence-corrected chi connectivity index (χ3v) is 4.60. The number of halogens is 2. The van der Waals surface area contributed by atoms with E-state index in [-0.39, 0.29) is 28.4 Å². The molecule has 6 nitrogen and oxygen atoms in total. The van der Waals surface area contributed by atoms with Crippen LogP contribution in [0.1, 0.15) is 28.5 Å². The number of nitrogens with one attached hydrogen (secondary N) is 1. The van der Waals surface area contributed by atoms with Crippen molar-refractivity contribution in [2.45, 2.75) is 20.4 Å². The molecule has 3 rings (SSSR count). The SMILES string of the molecule is CCN(C)C.Cc1cn(Cc2ccc(F)c(Cl)c2)c(=O)c2c(O)c(C=O)[nH]c12. The minimum Gasteiger partial charge on any atom is -0.505 e. The highest BCUT2D eigenvalue weighted by Crippen LogP contribution is 2.27. The maximum atomic E-state index is 13.2. The molecule has 0 bridgehead atoms. The molecular weight excluding hydrogens is 385 g/mol. The summed E-state index contributed by atoms with van der Waals surface area (Å²) in [5, 5.41) is 10.0. The Morgan fingerprint density at radius 3 is 2.54 bits per heavy atom. The Hall–Kier alpha value is -2.64. The standard InChI is InChI=1S/C16H12ClFN2O3.C4H11N/c1-8-5-20(6-9-2-3-11(18)10(17)4-9)16(23)13-14(8)19-12(7-21)15(13)22;1-4-5(2)3/h2-5,7,19,22H,6H2,1H3;4H2,1-3H3. The number of aldehydes is 1. The zero-order valence-electron chi connectivity index (χ0n) is 16.2. The van der Waals surface area contributed by atoms with Crippen molar-refractivity contribution in [2.75, 3.05) is 20.6 Å². The van der Waals surface area contributed by atoms with Crippen LogP contribution in [0.3, 0.4) is 0 Å². The van der Waals surface area contributed by atoms with Crippen molar-refractivity contribution in [3.8, 4) is 5.75 Å². The third-order valence-electron chi connectivity index (χ3n) is 4.31. The minimum atomic E-state index is -0.534. The lowest BCUT2D eigenvalue weighted by molar-refractivity contribution is 0.111. The van der Waals surface area contributed by atoms with Gasteiger partial charge < -0.3 is 19.6 Å². The fourth-order valence-electron chi connectivity index (χ4n) is 2.55. The number of H-pyrrole nitrogens is 1. The summed E-state index contributed by atoms with van der Waals surface area (Å²) in [6.45, 7) is 5.18. The van der Waals surface area contributed by atoms with Gasteiger partial charge in [0.1, 0.15) is 16.9 Å². The molecule has 0 spiro atoms. The lowest BCUT2D eigenvalue weighted by atomic mass is 10.2. The second-order valence-corrected chi connectivity index (χ2v) is 7.05. The van der Waals surface area contributed by atoms with E-state index in [1.165, 1.54) is 22.8 Å². The molecule has 0 unspecified atom stereocenters. The fourth-order valence-corrected chi connectivity index (χ4v) is 2.75. The van der Waals surface area contributed by atoms with Gasteiger partial charge in [-0.15, -0.1) is 0 Å². The topological polar surface area (TPSA) is 78.3 Å². The average Bonchev–Trinajstić information content (AvgIpc) is 3.00. The number of hydrogen-bond acceptors (Lipinski definition) is 4. The highest BCUT2D eigenvalue weighted by Gasteiger charge is 2.17. The number of aromatic nitrogens is 2. The van der Waals surface area contributed by atoms with Crippen LogP contribution in [0, 0.1) is 12.7 Å². The van der Waals surface area contributed by atoms with Crippen molar-refractivity contribution in [1.82, 2.24) is 14.5 Å². The Morgan fingerprint density at radius 1 is 1.36 bits per heavy atom. The van der Waals surface area contributed by atoms with Gasteiger partial charge in [0.05, 0.1) is 17.1 Å². The fraction of sp³-hybridized carbons (Fsp3) is 0.300. The normalized spacial score (nSPS) is 10.8. The highest BCUT2D eigenvalue weighted by atomic mass is 35.5. The van der Waals surface area contributed by atoms with Crippen LogP contribution >= 0.6 is 11.6 Å². The van der Waals surface area contributed by atoms with Crippen LogP contribution in [-0.2, 0) is 6.54 Å². The summed E-state index contributed by atoms with van der Waals surface area (Å²) in [6.07, 6.45) is 2.06. The smallest absolute Gasteiger partial charge is 0.264 e. The van der Waals surface area contributed by atoms with Gasteiger partial charge in [-0.05, 0) is 50.8 Å². The Kier molecular flexibility index (Phi) is 6.99. The number of fused-ring (bicyclic) bond motifs is 1. The van der Waals surface area contributed by atoms with Gasteiger partial charge in [0, 0.05) is 6.20 Å². The van der Waals surface area contributed by atoms with E-state index in [4.69, 9.17) is 11.6 Å². The molecule has 0 atom stereocenters. The Morgan fingerprint density at radius 2 is 2.00 bits per heavy atom. The van der Waals surface area contributed by atoms with E-state index in [0.717, 1.165) is 6.54 Å². The molecule has 0 aliphatic carbocycles. The van der Waals surface area contributed by atoms with Crippen LogP contribution < -0.4 is 5.56 Å². The van der Waals surface area contributed by atoms with Crippen molar-refractivity contribution in [1.29, 1.82) is 0 Å². The number of aromatic hydroxyl groups is 1. The van der Waals surface area contributed by atoms with E-state index in [1.54, 1.807) is 13.1 Å². The number of aromatic amines is 1. The quantitative estimate of drug-likeness (QED) is 0.648. The Labute approximate surface area is 167 Å². The van der Waals surface area contributed by atoms with Crippen LogP contribution in [-0.4, -0.2) is 46.5 Å². The number of carbonyl (C=O) groups excluding carboxylic acids is 1. The van der Waals surface area contributed by atoms with Crippen molar-refractivity contribution in [2.24, 2.45) is 0 Å². The average molecular weight is 408 g/mol. The summed E-state index contributed by atoms with van der Waals surface area (Å²) in [6, 6.07) is 4.20. The number of nitrogens with zero attached hydrogens (tertiary/aromatic N) is 2. The van der Waals surface area contributed by atoms with Crippen LogP contribution in [0.15, 0.2) is 29.2 Å². The van der Waals surface area contributed by atoms with Crippen molar-refractivity contribution in [3.05, 3.63) is 62.4 Å². The molecule has 2 N–H and O–H groups in total. The van der Waals surface area contributed by atoms with Crippen LogP contribution in [0.4, 0.5) is 4.39 Å². The molecule has 8 heteroatoms. The predicted molar refractivity (Wildman–Crippen MR) is 109 cm³/mol. The molecule has 2 aromatic heterocycles. The first-order valence-electron chi connectivity index (χ1n) is 8.68. The molecule has 1 aromatic carbocycles. The maximum Gasteiger partial charge on any atom is 0.264 e. The molecule has 2 heterocycles. The molecule has 3 aromatic rings. The number of pyridine rings is 1. The Balaban J connectivity index is 0.000000500. The van der Waals surface area contributed by atoms with Gasteiger partial charge in [-0.1, -0.05) is 24.6 Å². The number of rotatable bonds is 4. The molecule has 0 amide bonds. The van der Waals surface area contributed by atoms with Gasteiger partial charge in [-0.25, -0.2) is 4.39 Å². The Bertz CT molecular complexity index is 1060. The van der Waals surface area contributed by atoms with Gasteiger partial charge in [-0.3, -0.25) is 9.59 Å². The van der Waals surface area contributed by atoms with Gasteiger partial charge in [0.25, 0.3) is 5.56 Å². The van der Waals surface area contributed by atoms with E-state index in [2.05, 4.69) is 30.9 Å². The highest BCUT2D eigenvalue weighted by molar-refractivity contribution is 6.30. The van der Waals surface area contributed by atoms with E-state index in [9.17, 15) is 19.1 Å². The molecule has 0 radical (unpaired) electrons. The zero-order chi connectivity index (χ0) is 21.0. The summed E-state index contributed by atoms with van der Waals surface area (Å²) in [7, 11) is 4.11. The van der Waals surface area contributed by atoms with Crippen LogP contribution in [0.5, 0.6) is 5.75 Å². The van der Waals surface area contributed by atoms with E-state index in [1.807, 2.05) is 0 Å². The number of carbonyl (C=O) groups is 1. The largest absolute Gasteiger partial charge is 0.505 e. The van der Waals surface area contributed by atoms with Crippen molar-refractivity contribution in [3.63, 3.8) is 0 Å². The first-order chi connectivity index (χ1) is 13.2. The minimum absolute atomic E-state index is 0.0268. The predicted octanol–water partition coefficient (Wildman–Crippen LogP) is 3.56. The van der Waals surface area contributed by atoms with Gasteiger partial charge >= 0.3 is 0 Å². The maximum absolute atomic E-state index is 13.2. The van der Waals surface area contributed by atoms with Crippen LogP contribution in [0.25, 0.3) is 10.9 Å². The summed E-state index contributed by atoms with van der Waals surface area (Å²) in [5.41, 5.74) is 1.26. The summed E-state index contributed by atoms with van der Waals surface area (Å²) < 4.78 is 14.6. The molecule has 150 valence electrons. The van der Waals surface area contributed by atoms with Gasteiger partial charge in [-0.2, -0.15) is 0 Å². The number of benzene rings is 1. The lowest BCUT2D eigenvalue weighted by Gasteiger charge is -2.09. The molecule has 0 fully saturated rings. The molecular formula is C20H23ClFN3O3. The lowest BCUT2D eigenvalue weighted by Crippen LogP contribution is -2.20. The van der Waals surface area contributed by atoms with E-state index in [0.29, 0.717) is 22.9 Å². The van der Waals surface area contributed by atoms with Crippen molar-refractivity contribution >= 4 is 28.8 Å². The third kappa shape index (κ3) is 4.61. The molecule has 28 heavy (non-hydrogen) atoms. The number of hydrogen-bond donors (Lipinski definition) is 2. The van der Waals surface area contributed by atoms with Gasteiger partial charge in [0.2, 0.25) is 0 Å².